The van der Waals surface area contributed by atoms with Gasteiger partial charge in [0.2, 0.25) is 0 Å². The van der Waals surface area contributed by atoms with E-state index in [-0.39, 0.29) is 31.3 Å². The summed E-state index contributed by atoms with van der Waals surface area (Å²) in [7, 11) is 0. The molecular weight excluding hydrogens is 528 g/mol. The van der Waals surface area contributed by atoms with Crippen molar-refractivity contribution < 1.29 is 29.3 Å². The Morgan fingerprint density at radius 3 is 1.45 bits per heavy atom. The standard InChI is InChI=1S/C36H62O6/c1-3-4-5-6-7-8-17-20-23-26-29-35(39)41-31-34(38)32-42-36(40)30-27-24-21-18-15-13-11-9-10-12-14-16-19-22-25-28-33(2)37/h10-13,16,18-19,21,33-34,37-38H,3-9,14-15,17,20,22-32H2,1-2H3/b12-10-,13-11-,19-16-,21-18-/t33-,34-/m1/s1. The lowest BCUT2D eigenvalue weighted by Gasteiger charge is -2.12. The van der Waals surface area contributed by atoms with Crippen LogP contribution >= 0.6 is 0 Å². The number of aliphatic hydroxyl groups excluding tert-OH is 2. The van der Waals surface area contributed by atoms with Gasteiger partial charge in [0.1, 0.15) is 19.3 Å². The summed E-state index contributed by atoms with van der Waals surface area (Å²) < 4.78 is 10.2. The fourth-order valence-corrected chi connectivity index (χ4v) is 4.27. The van der Waals surface area contributed by atoms with Crippen LogP contribution in [0, 0.1) is 0 Å². The Morgan fingerprint density at radius 2 is 0.976 bits per heavy atom. The molecule has 0 bridgehead atoms. The molecule has 0 aliphatic rings. The minimum absolute atomic E-state index is 0.140. The van der Waals surface area contributed by atoms with Crippen LogP contribution in [0.3, 0.4) is 0 Å². The highest BCUT2D eigenvalue weighted by molar-refractivity contribution is 5.69. The Morgan fingerprint density at radius 1 is 0.571 bits per heavy atom. The first-order valence-corrected chi connectivity index (χ1v) is 16.7. The molecule has 0 saturated heterocycles. The first kappa shape index (κ1) is 39.8. The quantitative estimate of drug-likeness (QED) is 0.0513. The van der Waals surface area contributed by atoms with Crippen LogP contribution in [-0.2, 0) is 19.1 Å². The summed E-state index contributed by atoms with van der Waals surface area (Å²) in [6.45, 7) is 3.77. The molecule has 0 saturated carbocycles. The lowest BCUT2D eigenvalue weighted by molar-refractivity contribution is -0.152. The molecule has 242 valence electrons. The van der Waals surface area contributed by atoms with Crippen molar-refractivity contribution in [3.8, 4) is 0 Å². The van der Waals surface area contributed by atoms with Crippen LogP contribution in [0.5, 0.6) is 0 Å². The number of esters is 2. The van der Waals surface area contributed by atoms with E-state index in [1.807, 2.05) is 6.92 Å². The molecule has 0 radical (unpaired) electrons. The molecule has 0 aromatic heterocycles. The summed E-state index contributed by atoms with van der Waals surface area (Å²) in [5, 5.41) is 19.1. The number of hydrogen-bond donors (Lipinski definition) is 2. The molecule has 2 N–H and O–H groups in total. The predicted octanol–water partition coefficient (Wildman–Crippen LogP) is 8.86. The van der Waals surface area contributed by atoms with Crippen LogP contribution in [0.2, 0.25) is 0 Å². The first-order valence-electron chi connectivity index (χ1n) is 16.7. The van der Waals surface area contributed by atoms with Crippen molar-refractivity contribution in [3.05, 3.63) is 48.6 Å². The minimum Gasteiger partial charge on any atom is -0.463 e. The van der Waals surface area contributed by atoms with Crippen molar-refractivity contribution in [1.82, 2.24) is 0 Å². The average Bonchev–Trinajstić information content (AvgIpc) is 2.97. The summed E-state index contributed by atoms with van der Waals surface area (Å²) in [6.07, 6.45) is 35.8. The van der Waals surface area contributed by atoms with E-state index >= 15 is 0 Å². The third-order valence-electron chi connectivity index (χ3n) is 6.84. The summed E-state index contributed by atoms with van der Waals surface area (Å²) in [5.74, 6) is -0.650. The second-order valence-electron chi connectivity index (χ2n) is 11.2. The number of aliphatic hydroxyl groups is 2. The SMILES string of the molecule is CCCCCCCCCCCCC(=O)OC[C@@H](O)COC(=O)CCC/C=C\C/C=C\C/C=C\C/C=C\CCC[C@@H](C)O. The van der Waals surface area contributed by atoms with Crippen LogP contribution in [0.4, 0.5) is 0 Å². The zero-order valence-electron chi connectivity index (χ0n) is 26.9. The van der Waals surface area contributed by atoms with Gasteiger partial charge in [-0.25, -0.2) is 0 Å². The first-order chi connectivity index (χ1) is 20.5. The van der Waals surface area contributed by atoms with Gasteiger partial charge in [-0.2, -0.15) is 0 Å². The Labute approximate surface area is 257 Å². The van der Waals surface area contributed by atoms with Gasteiger partial charge in [0.25, 0.3) is 0 Å². The maximum absolute atomic E-state index is 11.9. The predicted molar refractivity (Wildman–Crippen MR) is 174 cm³/mol. The number of unbranched alkanes of at least 4 members (excludes halogenated alkanes) is 11. The molecule has 0 unspecified atom stereocenters. The number of carbonyl (C=O) groups excluding carboxylic acids is 2. The molecule has 0 fully saturated rings. The highest BCUT2D eigenvalue weighted by atomic mass is 16.6. The molecule has 0 aromatic rings. The summed E-state index contributed by atoms with van der Waals surface area (Å²) >= 11 is 0. The number of ether oxygens (including phenoxy) is 2. The molecule has 0 heterocycles. The zero-order valence-corrected chi connectivity index (χ0v) is 26.9. The van der Waals surface area contributed by atoms with Gasteiger partial charge in [-0.05, 0) is 64.7 Å². The van der Waals surface area contributed by atoms with Crippen LogP contribution < -0.4 is 0 Å². The fraction of sp³-hybridized carbons (Fsp3) is 0.722. The molecule has 0 amide bonds. The normalized spacial score (nSPS) is 13.5. The van der Waals surface area contributed by atoms with Crippen molar-refractivity contribution in [2.45, 2.75) is 154 Å². The highest BCUT2D eigenvalue weighted by Crippen LogP contribution is 2.11. The van der Waals surface area contributed by atoms with E-state index in [4.69, 9.17) is 9.47 Å². The van der Waals surface area contributed by atoms with Crippen LogP contribution in [-0.4, -0.2) is 47.6 Å². The second kappa shape index (κ2) is 31.7. The van der Waals surface area contributed by atoms with Gasteiger partial charge in [0, 0.05) is 12.8 Å². The van der Waals surface area contributed by atoms with Gasteiger partial charge in [-0.3, -0.25) is 9.59 Å². The molecule has 42 heavy (non-hydrogen) atoms. The van der Waals surface area contributed by atoms with Crippen molar-refractivity contribution in [1.29, 1.82) is 0 Å². The van der Waals surface area contributed by atoms with Gasteiger partial charge in [-0.15, -0.1) is 0 Å². The Hall–Kier alpha value is -2.18. The average molecular weight is 591 g/mol. The van der Waals surface area contributed by atoms with Crippen molar-refractivity contribution in [3.63, 3.8) is 0 Å². The Bertz CT molecular complexity index is 737. The molecular formula is C36H62O6. The third-order valence-corrected chi connectivity index (χ3v) is 6.84. The molecule has 2 atom stereocenters. The molecule has 0 aliphatic carbocycles. The Kier molecular flexibility index (Phi) is 30.1. The van der Waals surface area contributed by atoms with Gasteiger partial charge >= 0.3 is 11.9 Å². The van der Waals surface area contributed by atoms with E-state index in [1.54, 1.807) is 0 Å². The number of rotatable bonds is 29. The molecule has 6 nitrogen and oxygen atoms in total. The Balaban J connectivity index is 3.59. The van der Waals surface area contributed by atoms with Crippen LogP contribution in [0.15, 0.2) is 48.6 Å². The molecule has 0 spiro atoms. The van der Waals surface area contributed by atoms with Crippen molar-refractivity contribution in [2.75, 3.05) is 13.2 Å². The maximum Gasteiger partial charge on any atom is 0.305 e. The van der Waals surface area contributed by atoms with Gasteiger partial charge in [0.05, 0.1) is 6.10 Å². The summed E-state index contributed by atoms with van der Waals surface area (Å²) in [6, 6.07) is 0. The van der Waals surface area contributed by atoms with Crippen molar-refractivity contribution in [2.24, 2.45) is 0 Å². The maximum atomic E-state index is 11.9. The van der Waals surface area contributed by atoms with E-state index in [1.165, 1.54) is 44.9 Å². The molecule has 6 heteroatoms. The van der Waals surface area contributed by atoms with E-state index in [0.29, 0.717) is 19.3 Å². The van der Waals surface area contributed by atoms with E-state index in [2.05, 4.69) is 55.5 Å². The molecule has 0 aromatic carbocycles. The summed E-state index contributed by atoms with van der Waals surface area (Å²) in [4.78, 5) is 23.7. The monoisotopic (exact) mass is 590 g/mol. The molecule has 0 aliphatic heterocycles. The fourth-order valence-electron chi connectivity index (χ4n) is 4.27. The second-order valence-corrected chi connectivity index (χ2v) is 11.2. The highest BCUT2D eigenvalue weighted by Gasteiger charge is 2.11. The molecule has 0 rings (SSSR count). The van der Waals surface area contributed by atoms with Crippen molar-refractivity contribution >= 4 is 11.9 Å². The lowest BCUT2D eigenvalue weighted by Crippen LogP contribution is -2.25. The van der Waals surface area contributed by atoms with E-state index in [0.717, 1.165) is 64.2 Å². The number of carbonyl (C=O) groups is 2. The topological polar surface area (TPSA) is 93.1 Å². The van der Waals surface area contributed by atoms with Gasteiger partial charge in [0.15, 0.2) is 0 Å². The lowest BCUT2D eigenvalue weighted by atomic mass is 10.1. The van der Waals surface area contributed by atoms with Gasteiger partial charge < -0.3 is 19.7 Å². The van der Waals surface area contributed by atoms with Crippen LogP contribution in [0.25, 0.3) is 0 Å². The summed E-state index contributed by atoms with van der Waals surface area (Å²) in [5.41, 5.74) is 0. The third kappa shape index (κ3) is 32.3. The van der Waals surface area contributed by atoms with Crippen LogP contribution in [0.1, 0.15) is 142 Å². The van der Waals surface area contributed by atoms with E-state index < -0.39 is 6.10 Å². The minimum atomic E-state index is -0.991. The largest absolute Gasteiger partial charge is 0.463 e. The number of hydrogen-bond acceptors (Lipinski definition) is 6. The number of allylic oxidation sites excluding steroid dienone is 8. The zero-order chi connectivity index (χ0) is 30.9. The van der Waals surface area contributed by atoms with E-state index in [9.17, 15) is 19.8 Å². The smallest absolute Gasteiger partial charge is 0.305 e. The van der Waals surface area contributed by atoms with Gasteiger partial charge in [-0.1, -0.05) is 113 Å².